The van der Waals surface area contributed by atoms with Crippen molar-refractivity contribution in [3.8, 4) is 17.2 Å². The predicted molar refractivity (Wildman–Crippen MR) is 137 cm³/mol. The number of rotatable bonds is 8. The van der Waals surface area contributed by atoms with E-state index in [1.54, 1.807) is 6.07 Å². The van der Waals surface area contributed by atoms with Crippen LogP contribution in [0.4, 0.5) is 5.69 Å². The Morgan fingerprint density at radius 3 is 2.46 bits per heavy atom. The van der Waals surface area contributed by atoms with E-state index in [0.29, 0.717) is 47.5 Å². The Bertz CT molecular complexity index is 1390. The number of carbonyl (C=O) groups excluding carboxylic acids is 1. The highest BCUT2D eigenvalue weighted by Crippen LogP contribution is 2.41. The van der Waals surface area contributed by atoms with Gasteiger partial charge in [-0.15, -0.1) is 0 Å². The van der Waals surface area contributed by atoms with E-state index in [1.807, 2.05) is 55.8 Å². The van der Waals surface area contributed by atoms with Gasteiger partial charge in [-0.25, -0.2) is 9.67 Å². The number of nitrogens with zero attached hydrogens (tertiary/aromatic N) is 3. The van der Waals surface area contributed by atoms with Crippen LogP contribution in [0.2, 0.25) is 0 Å². The number of pyridine rings is 1. The molecule has 4 aromatic rings. The summed E-state index contributed by atoms with van der Waals surface area (Å²) in [5.41, 5.74) is 5.63. The van der Waals surface area contributed by atoms with Crippen LogP contribution in [0.3, 0.4) is 0 Å². The zero-order valence-electron chi connectivity index (χ0n) is 20.6. The lowest BCUT2D eigenvalue weighted by Crippen LogP contribution is -2.15. The average Bonchev–Trinajstić information content (AvgIpc) is 3.65. The van der Waals surface area contributed by atoms with Crippen molar-refractivity contribution in [2.45, 2.75) is 46.5 Å². The normalized spacial score (nSPS) is 13.1. The van der Waals surface area contributed by atoms with Crippen molar-refractivity contribution in [2.75, 3.05) is 18.5 Å². The quantitative estimate of drug-likeness (QED) is 0.344. The Kier molecular flexibility index (Phi) is 6.16. The van der Waals surface area contributed by atoms with E-state index in [9.17, 15) is 4.79 Å². The SMILES string of the molecule is CCOc1ccc(OCC)c(NC(=O)c2cc(C3CC3)nc3c2c(C)nn3-c2ccc(C)cc2)c1. The maximum Gasteiger partial charge on any atom is 0.256 e. The van der Waals surface area contributed by atoms with Gasteiger partial charge in [0.05, 0.1) is 41.2 Å². The van der Waals surface area contributed by atoms with Crippen molar-refractivity contribution in [1.82, 2.24) is 14.8 Å². The fourth-order valence-electron chi connectivity index (χ4n) is 4.28. The molecule has 7 nitrogen and oxygen atoms in total. The number of hydrogen-bond acceptors (Lipinski definition) is 5. The third-order valence-electron chi connectivity index (χ3n) is 6.16. The summed E-state index contributed by atoms with van der Waals surface area (Å²) >= 11 is 0. The first-order chi connectivity index (χ1) is 17.0. The molecule has 0 radical (unpaired) electrons. The highest BCUT2D eigenvalue weighted by molar-refractivity contribution is 6.13. The maximum atomic E-state index is 13.7. The largest absolute Gasteiger partial charge is 0.494 e. The number of amides is 1. The van der Waals surface area contributed by atoms with Crippen LogP contribution in [0.15, 0.2) is 48.5 Å². The van der Waals surface area contributed by atoms with E-state index in [4.69, 9.17) is 19.6 Å². The number of nitrogens with one attached hydrogen (secondary N) is 1. The molecule has 7 heteroatoms. The molecule has 0 aliphatic heterocycles. The van der Waals surface area contributed by atoms with Gasteiger partial charge in [0.1, 0.15) is 11.5 Å². The molecule has 0 saturated heterocycles. The number of anilines is 1. The predicted octanol–water partition coefficient (Wildman–Crippen LogP) is 5.96. The molecule has 1 aliphatic carbocycles. The van der Waals surface area contributed by atoms with Crippen LogP contribution in [0.1, 0.15) is 59.9 Å². The number of hydrogen-bond donors (Lipinski definition) is 1. The zero-order chi connectivity index (χ0) is 24.5. The second-order valence-corrected chi connectivity index (χ2v) is 8.88. The van der Waals surface area contributed by atoms with Gasteiger partial charge in [-0.2, -0.15) is 5.10 Å². The van der Waals surface area contributed by atoms with E-state index in [1.165, 1.54) is 5.56 Å². The molecule has 2 heterocycles. The van der Waals surface area contributed by atoms with E-state index in [2.05, 4.69) is 24.4 Å². The van der Waals surface area contributed by atoms with Gasteiger partial charge in [-0.3, -0.25) is 4.79 Å². The summed E-state index contributed by atoms with van der Waals surface area (Å²) in [6, 6.07) is 15.6. The lowest BCUT2D eigenvalue weighted by molar-refractivity contribution is 0.102. The second kappa shape index (κ2) is 9.41. The van der Waals surface area contributed by atoms with Crippen molar-refractivity contribution in [2.24, 2.45) is 0 Å². The molecular formula is C28H30N4O3. The molecule has 0 atom stereocenters. The molecule has 1 fully saturated rings. The summed E-state index contributed by atoms with van der Waals surface area (Å²) < 4.78 is 13.2. The van der Waals surface area contributed by atoms with Crippen LogP contribution in [0.5, 0.6) is 11.5 Å². The summed E-state index contributed by atoms with van der Waals surface area (Å²) in [6.07, 6.45) is 2.17. The second-order valence-electron chi connectivity index (χ2n) is 8.88. The Balaban J connectivity index is 1.60. The summed E-state index contributed by atoms with van der Waals surface area (Å²) in [5.74, 6) is 1.44. The number of benzene rings is 2. The summed E-state index contributed by atoms with van der Waals surface area (Å²) in [7, 11) is 0. The van der Waals surface area contributed by atoms with Crippen LogP contribution in [-0.4, -0.2) is 33.9 Å². The molecule has 0 spiro atoms. The maximum absolute atomic E-state index is 13.7. The summed E-state index contributed by atoms with van der Waals surface area (Å²) in [6.45, 7) is 8.84. The van der Waals surface area contributed by atoms with Gasteiger partial charge in [-0.05, 0) is 70.9 Å². The van der Waals surface area contributed by atoms with Gasteiger partial charge in [-0.1, -0.05) is 17.7 Å². The minimum absolute atomic E-state index is 0.222. The minimum atomic E-state index is -0.222. The number of fused-ring (bicyclic) bond motifs is 1. The average molecular weight is 471 g/mol. The van der Waals surface area contributed by atoms with Crippen LogP contribution >= 0.6 is 0 Å². The number of ether oxygens (including phenoxy) is 2. The first kappa shape index (κ1) is 22.9. The monoisotopic (exact) mass is 470 g/mol. The lowest BCUT2D eigenvalue weighted by Gasteiger charge is -2.14. The first-order valence-corrected chi connectivity index (χ1v) is 12.2. The Morgan fingerprint density at radius 1 is 1.03 bits per heavy atom. The topological polar surface area (TPSA) is 78.3 Å². The van der Waals surface area contributed by atoms with E-state index < -0.39 is 0 Å². The molecule has 180 valence electrons. The molecule has 1 amide bonds. The molecule has 0 unspecified atom stereocenters. The van der Waals surface area contributed by atoms with Crippen LogP contribution in [-0.2, 0) is 0 Å². The third-order valence-corrected chi connectivity index (χ3v) is 6.16. The number of aryl methyl sites for hydroxylation is 2. The molecule has 2 aromatic heterocycles. The van der Waals surface area contributed by atoms with E-state index in [0.717, 1.165) is 35.3 Å². The molecule has 1 saturated carbocycles. The van der Waals surface area contributed by atoms with Crippen LogP contribution < -0.4 is 14.8 Å². The molecule has 35 heavy (non-hydrogen) atoms. The van der Waals surface area contributed by atoms with Crippen LogP contribution in [0, 0.1) is 13.8 Å². The summed E-state index contributed by atoms with van der Waals surface area (Å²) in [5, 5.41) is 8.60. The molecule has 2 aromatic carbocycles. The van der Waals surface area contributed by atoms with Gasteiger partial charge in [0.15, 0.2) is 5.65 Å². The third kappa shape index (κ3) is 4.58. The van der Waals surface area contributed by atoms with Crippen molar-refractivity contribution >= 4 is 22.6 Å². The lowest BCUT2D eigenvalue weighted by atomic mass is 10.1. The molecule has 1 N–H and O–H groups in total. The van der Waals surface area contributed by atoms with Crippen LogP contribution in [0.25, 0.3) is 16.7 Å². The zero-order valence-corrected chi connectivity index (χ0v) is 20.6. The van der Waals surface area contributed by atoms with Gasteiger partial charge in [0.25, 0.3) is 5.91 Å². The highest BCUT2D eigenvalue weighted by Gasteiger charge is 2.29. The summed E-state index contributed by atoms with van der Waals surface area (Å²) in [4.78, 5) is 18.7. The molecule has 0 bridgehead atoms. The molecule has 5 rings (SSSR count). The number of aromatic nitrogens is 3. The van der Waals surface area contributed by atoms with Gasteiger partial charge >= 0.3 is 0 Å². The van der Waals surface area contributed by atoms with Gasteiger partial charge in [0.2, 0.25) is 0 Å². The van der Waals surface area contributed by atoms with Gasteiger partial charge < -0.3 is 14.8 Å². The molecule has 1 aliphatic rings. The smallest absolute Gasteiger partial charge is 0.256 e. The van der Waals surface area contributed by atoms with Gasteiger partial charge in [0, 0.05) is 17.7 Å². The van der Waals surface area contributed by atoms with E-state index >= 15 is 0 Å². The fourth-order valence-corrected chi connectivity index (χ4v) is 4.28. The Labute approximate surface area is 205 Å². The Morgan fingerprint density at radius 2 is 1.77 bits per heavy atom. The molecular weight excluding hydrogens is 440 g/mol. The standard InChI is InChI=1S/C28H30N4O3/c1-5-34-21-13-14-25(35-6-2)24(15-21)30-28(33)22-16-23(19-9-10-19)29-27-26(22)18(4)31-32(27)20-11-7-17(3)8-12-20/h7-8,11-16,19H,5-6,9-10H2,1-4H3,(H,30,33). The van der Waals surface area contributed by atoms with Crippen molar-refractivity contribution in [3.05, 3.63) is 71.0 Å². The van der Waals surface area contributed by atoms with Crippen molar-refractivity contribution < 1.29 is 14.3 Å². The van der Waals surface area contributed by atoms with Crippen molar-refractivity contribution in [3.63, 3.8) is 0 Å². The van der Waals surface area contributed by atoms with E-state index in [-0.39, 0.29) is 5.91 Å². The Hall–Kier alpha value is -3.87. The number of carbonyl (C=O) groups is 1. The van der Waals surface area contributed by atoms with Crippen molar-refractivity contribution in [1.29, 1.82) is 0 Å². The minimum Gasteiger partial charge on any atom is -0.494 e. The first-order valence-electron chi connectivity index (χ1n) is 12.2. The fraction of sp³-hybridized carbons (Fsp3) is 0.321. The highest BCUT2D eigenvalue weighted by atomic mass is 16.5.